The number of amides is 1. The molecule has 1 aliphatic rings. The van der Waals surface area contributed by atoms with Crippen LogP contribution in [0.25, 0.3) is 0 Å². The van der Waals surface area contributed by atoms with Gasteiger partial charge in [0.2, 0.25) is 0 Å². The summed E-state index contributed by atoms with van der Waals surface area (Å²) in [7, 11) is 0. The first-order valence-electron chi connectivity index (χ1n) is 12.1. The molecule has 0 unspecified atom stereocenters. The zero-order valence-corrected chi connectivity index (χ0v) is 22.4. The number of aromatic nitrogens is 1. The SMILES string of the molecule is CCN1CCN(Cc2ccc(NC(=O)c3ccc(C)c(N)c3)cc2C(F)(F)F)CC1.Nc1ncc(C(=O)O)s1. The number of carbonyl (C=O) groups excluding carboxylic acids is 1. The summed E-state index contributed by atoms with van der Waals surface area (Å²) in [5, 5.41) is 11.1. The molecule has 0 aliphatic carbocycles. The number of anilines is 3. The predicted molar refractivity (Wildman–Crippen MR) is 146 cm³/mol. The van der Waals surface area contributed by atoms with Gasteiger partial charge in [-0.25, -0.2) is 9.78 Å². The van der Waals surface area contributed by atoms with Gasteiger partial charge in [0.05, 0.1) is 11.8 Å². The highest BCUT2D eigenvalue weighted by atomic mass is 32.1. The summed E-state index contributed by atoms with van der Waals surface area (Å²) in [6.07, 6.45) is -3.27. The number of benzene rings is 2. The number of carboxylic acids is 1. The number of hydrogen-bond donors (Lipinski definition) is 4. The summed E-state index contributed by atoms with van der Waals surface area (Å²) >= 11 is 0.963. The number of nitrogen functional groups attached to an aromatic ring is 2. The van der Waals surface area contributed by atoms with Crippen molar-refractivity contribution in [2.75, 3.05) is 49.5 Å². The average molecular weight is 565 g/mol. The van der Waals surface area contributed by atoms with Crippen LogP contribution in [0.15, 0.2) is 42.6 Å². The molecule has 13 heteroatoms. The normalized spacial score (nSPS) is 14.4. The van der Waals surface area contributed by atoms with Crippen molar-refractivity contribution in [3.8, 4) is 0 Å². The smallest absolute Gasteiger partial charge is 0.416 e. The molecule has 6 N–H and O–H groups in total. The number of carbonyl (C=O) groups is 2. The minimum atomic E-state index is -4.50. The average Bonchev–Trinajstić information content (AvgIpc) is 3.33. The Labute approximate surface area is 228 Å². The fraction of sp³-hybridized carbons (Fsp3) is 0.346. The van der Waals surface area contributed by atoms with Crippen LogP contribution in [-0.2, 0) is 12.7 Å². The first-order chi connectivity index (χ1) is 18.4. The number of nitrogens with two attached hydrogens (primary N) is 2. The Bertz CT molecular complexity index is 1310. The second kappa shape index (κ2) is 12.9. The quantitative estimate of drug-likeness (QED) is 0.323. The molecule has 1 saturated heterocycles. The number of thiazole rings is 1. The molecule has 0 atom stereocenters. The highest BCUT2D eigenvalue weighted by molar-refractivity contribution is 7.17. The van der Waals surface area contributed by atoms with Crippen molar-refractivity contribution in [1.29, 1.82) is 0 Å². The van der Waals surface area contributed by atoms with E-state index < -0.39 is 23.6 Å². The van der Waals surface area contributed by atoms with Gasteiger partial charge >= 0.3 is 12.1 Å². The summed E-state index contributed by atoms with van der Waals surface area (Å²) in [6, 6.07) is 8.78. The lowest BCUT2D eigenvalue weighted by Gasteiger charge is -2.34. The Morgan fingerprint density at radius 1 is 1.08 bits per heavy atom. The van der Waals surface area contributed by atoms with E-state index in [2.05, 4.69) is 22.1 Å². The summed E-state index contributed by atoms with van der Waals surface area (Å²) < 4.78 is 41.1. The van der Waals surface area contributed by atoms with E-state index in [1.807, 2.05) is 11.8 Å². The Morgan fingerprint density at radius 2 is 1.74 bits per heavy atom. The van der Waals surface area contributed by atoms with Gasteiger partial charge in [-0.2, -0.15) is 13.2 Å². The van der Waals surface area contributed by atoms with Crippen LogP contribution in [0.3, 0.4) is 0 Å². The van der Waals surface area contributed by atoms with Crippen molar-refractivity contribution < 1.29 is 27.9 Å². The van der Waals surface area contributed by atoms with Crippen molar-refractivity contribution in [3.63, 3.8) is 0 Å². The highest BCUT2D eigenvalue weighted by Gasteiger charge is 2.34. The van der Waals surface area contributed by atoms with Gasteiger partial charge in [0.1, 0.15) is 4.88 Å². The lowest BCUT2D eigenvalue weighted by molar-refractivity contribution is -0.138. The number of rotatable bonds is 6. The minimum absolute atomic E-state index is 0.103. The molecule has 1 fully saturated rings. The maximum atomic E-state index is 13.7. The second-order valence-electron chi connectivity index (χ2n) is 8.97. The lowest BCUT2D eigenvalue weighted by Crippen LogP contribution is -2.45. The van der Waals surface area contributed by atoms with Crippen molar-refractivity contribution in [2.45, 2.75) is 26.6 Å². The van der Waals surface area contributed by atoms with Crippen LogP contribution >= 0.6 is 11.3 Å². The molecule has 210 valence electrons. The number of alkyl halides is 3. The van der Waals surface area contributed by atoms with Crippen LogP contribution in [0.4, 0.5) is 29.7 Å². The fourth-order valence-electron chi connectivity index (χ4n) is 3.93. The number of nitrogens with zero attached hydrogens (tertiary/aromatic N) is 3. The molecule has 9 nitrogen and oxygen atoms in total. The zero-order valence-electron chi connectivity index (χ0n) is 21.6. The predicted octanol–water partition coefficient (Wildman–Crippen LogP) is 4.41. The van der Waals surface area contributed by atoms with Crippen molar-refractivity contribution in [1.82, 2.24) is 14.8 Å². The number of piperazine rings is 1. The van der Waals surface area contributed by atoms with Crippen molar-refractivity contribution in [2.24, 2.45) is 0 Å². The van der Waals surface area contributed by atoms with Gasteiger partial charge in [-0.3, -0.25) is 9.69 Å². The molecule has 0 bridgehead atoms. The largest absolute Gasteiger partial charge is 0.477 e. The number of nitrogens with one attached hydrogen (secondary N) is 1. The maximum Gasteiger partial charge on any atom is 0.416 e. The zero-order chi connectivity index (χ0) is 28.7. The maximum absolute atomic E-state index is 13.7. The van der Waals surface area contributed by atoms with Crippen LogP contribution in [0.2, 0.25) is 0 Å². The standard InChI is InChI=1S/C22H27F3N4O.C4H4N2O2S/c1-3-28-8-10-29(11-9-28)14-17-6-7-18(13-19(17)22(23,24)25)27-21(30)16-5-4-15(2)20(26)12-16;5-4-6-1-2(9-4)3(7)8/h4-7,12-13H,3,8-11,14,26H2,1-2H3,(H,27,30);1H,(H2,5,6)(H,7,8). The van der Waals surface area contributed by atoms with Crippen LogP contribution in [0.5, 0.6) is 0 Å². The molecule has 4 rings (SSSR count). The van der Waals surface area contributed by atoms with Gasteiger partial charge in [0, 0.05) is 49.7 Å². The third-order valence-electron chi connectivity index (χ3n) is 6.25. The van der Waals surface area contributed by atoms with Crippen LogP contribution in [0.1, 0.15) is 43.6 Å². The molecule has 3 aromatic rings. The van der Waals surface area contributed by atoms with Gasteiger partial charge in [0.25, 0.3) is 5.91 Å². The van der Waals surface area contributed by atoms with E-state index in [1.165, 1.54) is 24.4 Å². The Hall–Kier alpha value is -3.68. The molecule has 1 aliphatic heterocycles. The molecule has 39 heavy (non-hydrogen) atoms. The number of aromatic carboxylic acids is 1. The first-order valence-corrected chi connectivity index (χ1v) is 13.0. The van der Waals surface area contributed by atoms with E-state index in [9.17, 15) is 22.8 Å². The summed E-state index contributed by atoms with van der Waals surface area (Å²) in [6.45, 7) is 8.24. The van der Waals surface area contributed by atoms with Gasteiger partial charge < -0.3 is 26.8 Å². The van der Waals surface area contributed by atoms with Crippen molar-refractivity contribution >= 4 is 39.7 Å². The molecule has 1 amide bonds. The monoisotopic (exact) mass is 564 g/mol. The third-order valence-corrected chi connectivity index (χ3v) is 7.07. The fourth-order valence-corrected chi connectivity index (χ4v) is 4.46. The Kier molecular flexibility index (Phi) is 9.89. The molecule has 2 aromatic carbocycles. The third kappa shape index (κ3) is 8.40. The number of halogens is 3. The number of hydrogen-bond acceptors (Lipinski definition) is 8. The van der Waals surface area contributed by atoms with E-state index in [4.69, 9.17) is 16.6 Å². The van der Waals surface area contributed by atoms with Crippen LogP contribution < -0.4 is 16.8 Å². The molecule has 1 aromatic heterocycles. The number of carboxylic acid groups (broad SMARTS) is 1. The van der Waals surface area contributed by atoms with Crippen LogP contribution in [-0.4, -0.2) is 64.5 Å². The topological polar surface area (TPSA) is 138 Å². The molecule has 0 spiro atoms. The highest BCUT2D eigenvalue weighted by Crippen LogP contribution is 2.34. The summed E-state index contributed by atoms with van der Waals surface area (Å²) in [5.41, 5.74) is 12.2. The molecule has 0 radical (unpaired) electrons. The number of aryl methyl sites for hydroxylation is 1. The second-order valence-corrected chi connectivity index (χ2v) is 10.0. The van der Waals surface area contributed by atoms with Gasteiger partial charge in [-0.1, -0.05) is 30.4 Å². The van der Waals surface area contributed by atoms with Crippen molar-refractivity contribution in [3.05, 3.63) is 69.7 Å². The molecular weight excluding hydrogens is 533 g/mol. The van der Waals surface area contributed by atoms with E-state index in [-0.39, 0.29) is 27.8 Å². The first kappa shape index (κ1) is 29.9. The molecular formula is C26H31F3N6O3S. The minimum Gasteiger partial charge on any atom is -0.477 e. The van der Waals surface area contributed by atoms with Crippen LogP contribution in [0, 0.1) is 6.92 Å². The van der Waals surface area contributed by atoms with E-state index in [0.29, 0.717) is 11.3 Å². The lowest BCUT2D eigenvalue weighted by atomic mass is 10.0. The van der Waals surface area contributed by atoms with Gasteiger partial charge in [0.15, 0.2) is 5.13 Å². The van der Waals surface area contributed by atoms with Gasteiger partial charge in [-0.15, -0.1) is 0 Å². The summed E-state index contributed by atoms with van der Waals surface area (Å²) in [5.74, 6) is -1.48. The number of likely N-dealkylation sites (N-methyl/N-ethyl adjacent to an activating group) is 1. The molecule has 0 saturated carbocycles. The van der Waals surface area contributed by atoms with Gasteiger partial charge in [-0.05, 0) is 48.9 Å². The Balaban J connectivity index is 0.000000395. The van der Waals surface area contributed by atoms with E-state index in [0.717, 1.165) is 55.7 Å². The molecule has 2 heterocycles. The van der Waals surface area contributed by atoms with E-state index >= 15 is 0 Å². The van der Waals surface area contributed by atoms with E-state index in [1.54, 1.807) is 12.1 Å². The summed E-state index contributed by atoms with van der Waals surface area (Å²) in [4.78, 5) is 30.6. The Morgan fingerprint density at radius 3 is 2.26 bits per heavy atom.